The maximum atomic E-state index is 10.8. The minimum absolute atomic E-state index is 0.369. The van der Waals surface area contributed by atoms with E-state index < -0.39 is 0 Å². The van der Waals surface area contributed by atoms with Crippen molar-refractivity contribution in [2.45, 2.75) is 20.1 Å². The number of aromatic nitrogens is 1. The molecular formula is C10H15NO3. The molecule has 0 bridgehead atoms. The van der Waals surface area contributed by atoms with Crippen LogP contribution in [0.15, 0.2) is 24.5 Å². The van der Waals surface area contributed by atoms with E-state index in [1.54, 1.807) is 12.1 Å². The van der Waals surface area contributed by atoms with E-state index in [1.165, 1.54) is 12.4 Å². The van der Waals surface area contributed by atoms with Crippen LogP contribution in [0.5, 0.6) is 0 Å². The van der Waals surface area contributed by atoms with Crippen LogP contribution in [0.3, 0.4) is 0 Å². The average Bonchev–Trinajstić information content (AvgIpc) is 2.19. The highest BCUT2D eigenvalue weighted by Crippen LogP contribution is 2.16. The van der Waals surface area contributed by atoms with Gasteiger partial charge in [-0.2, -0.15) is 4.73 Å². The van der Waals surface area contributed by atoms with Crippen molar-refractivity contribution in [2.24, 2.45) is 0 Å². The molecule has 78 valence electrons. The summed E-state index contributed by atoms with van der Waals surface area (Å²) in [6.07, 6.45) is 2.49. The third kappa shape index (κ3) is 2.97. The van der Waals surface area contributed by atoms with Crippen molar-refractivity contribution < 1.29 is 14.2 Å². The molecule has 1 aromatic heterocycles. The average molecular weight is 197 g/mol. The number of rotatable bonds is 5. The predicted molar refractivity (Wildman–Crippen MR) is 51.4 cm³/mol. The third-order valence-electron chi connectivity index (χ3n) is 1.74. The van der Waals surface area contributed by atoms with Crippen molar-refractivity contribution in [3.63, 3.8) is 0 Å². The summed E-state index contributed by atoms with van der Waals surface area (Å²) < 4.78 is 11.5. The Morgan fingerprint density at radius 3 is 2.14 bits per heavy atom. The quantitative estimate of drug-likeness (QED) is 0.407. The van der Waals surface area contributed by atoms with E-state index >= 15 is 0 Å². The summed E-state index contributed by atoms with van der Waals surface area (Å²) in [6.45, 7) is 4.97. The Balaban J connectivity index is 2.71. The van der Waals surface area contributed by atoms with Crippen molar-refractivity contribution >= 4 is 0 Å². The molecule has 0 aliphatic rings. The molecule has 0 unspecified atom stereocenters. The van der Waals surface area contributed by atoms with E-state index in [4.69, 9.17) is 9.47 Å². The highest BCUT2D eigenvalue weighted by Gasteiger charge is 2.11. The van der Waals surface area contributed by atoms with Crippen molar-refractivity contribution in [1.82, 2.24) is 0 Å². The molecule has 0 saturated carbocycles. The molecule has 0 spiro atoms. The van der Waals surface area contributed by atoms with Crippen LogP contribution in [0, 0.1) is 5.21 Å². The maximum absolute atomic E-state index is 10.8. The van der Waals surface area contributed by atoms with Crippen LogP contribution in [0.25, 0.3) is 0 Å². The van der Waals surface area contributed by atoms with E-state index in [0.29, 0.717) is 13.2 Å². The van der Waals surface area contributed by atoms with Crippen molar-refractivity contribution in [3.8, 4) is 0 Å². The highest BCUT2D eigenvalue weighted by atomic mass is 16.7. The minimum Gasteiger partial charge on any atom is -0.619 e. The topological polar surface area (TPSA) is 45.4 Å². The van der Waals surface area contributed by atoms with Crippen LogP contribution in [0.4, 0.5) is 0 Å². The number of ether oxygens (including phenoxy) is 2. The lowest BCUT2D eigenvalue weighted by molar-refractivity contribution is -0.605. The van der Waals surface area contributed by atoms with E-state index in [1.807, 2.05) is 13.8 Å². The zero-order chi connectivity index (χ0) is 10.4. The van der Waals surface area contributed by atoms with Crippen LogP contribution in [0.2, 0.25) is 0 Å². The molecule has 1 rings (SSSR count). The largest absolute Gasteiger partial charge is 0.619 e. The molecule has 4 nitrogen and oxygen atoms in total. The lowest BCUT2D eigenvalue weighted by atomic mass is 10.2. The van der Waals surface area contributed by atoms with Gasteiger partial charge in [-0.05, 0) is 13.8 Å². The normalized spacial score (nSPS) is 10.8. The Morgan fingerprint density at radius 2 is 1.71 bits per heavy atom. The van der Waals surface area contributed by atoms with Crippen LogP contribution in [-0.2, 0) is 9.47 Å². The first-order valence-corrected chi connectivity index (χ1v) is 4.69. The number of nitrogens with zero attached hydrogens (tertiary/aromatic N) is 1. The van der Waals surface area contributed by atoms with Gasteiger partial charge >= 0.3 is 0 Å². The second-order valence-corrected chi connectivity index (χ2v) is 2.73. The molecule has 0 aliphatic heterocycles. The molecule has 4 heteroatoms. The van der Waals surface area contributed by atoms with Crippen LogP contribution >= 0.6 is 0 Å². The first-order valence-electron chi connectivity index (χ1n) is 4.69. The van der Waals surface area contributed by atoms with Gasteiger partial charge < -0.3 is 14.7 Å². The Morgan fingerprint density at radius 1 is 1.21 bits per heavy atom. The molecule has 0 fully saturated rings. The fraction of sp³-hybridized carbons (Fsp3) is 0.500. The Bertz CT molecular complexity index is 255. The highest BCUT2D eigenvalue weighted by molar-refractivity contribution is 5.09. The van der Waals surface area contributed by atoms with Crippen LogP contribution in [-0.4, -0.2) is 13.2 Å². The third-order valence-corrected chi connectivity index (χ3v) is 1.74. The van der Waals surface area contributed by atoms with Crippen LogP contribution < -0.4 is 4.73 Å². The summed E-state index contributed by atoms with van der Waals surface area (Å²) >= 11 is 0. The van der Waals surface area contributed by atoms with E-state index in [0.717, 1.165) is 10.3 Å². The summed E-state index contributed by atoms with van der Waals surface area (Å²) in [6, 6.07) is 3.39. The molecule has 1 heterocycles. The van der Waals surface area contributed by atoms with Crippen molar-refractivity contribution in [1.29, 1.82) is 0 Å². The molecule has 1 aromatic rings. The van der Waals surface area contributed by atoms with Crippen LogP contribution in [0.1, 0.15) is 25.7 Å². The smallest absolute Gasteiger partial charge is 0.184 e. The summed E-state index contributed by atoms with van der Waals surface area (Å²) in [4.78, 5) is 0. The molecule has 0 amide bonds. The van der Waals surface area contributed by atoms with E-state index in [9.17, 15) is 5.21 Å². The van der Waals surface area contributed by atoms with Gasteiger partial charge in [0.1, 0.15) is 0 Å². The summed E-state index contributed by atoms with van der Waals surface area (Å²) in [5, 5.41) is 10.8. The second kappa shape index (κ2) is 5.57. The molecule has 0 N–H and O–H groups in total. The molecule has 0 radical (unpaired) electrons. The molecule has 0 atom stereocenters. The standard InChI is InChI=1S/C10H15NO3/c1-3-13-10(14-4-2)9-5-7-11(12)8-6-9/h5-8,10H,3-4H2,1-2H3. The SMILES string of the molecule is CCOC(OCC)c1cc[n+]([O-])cc1. The Hall–Kier alpha value is -1.13. The van der Waals surface area contributed by atoms with Gasteiger partial charge in [-0.1, -0.05) is 0 Å². The molecular weight excluding hydrogens is 182 g/mol. The fourth-order valence-corrected chi connectivity index (χ4v) is 1.12. The Kier molecular flexibility index (Phi) is 4.35. The van der Waals surface area contributed by atoms with Gasteiger partial charge in [0, 0.05) is 30.9 Å². The predicted octanol–water partition coefficient (Wildman–Crippen LogP) is 1.39. The number of hydrogen-bond acceptors (Lipinski definition) is 3. The summed E-state index contributed by atoms with van der Waals surface area (Å²) in [7, 11) is 0. The second-order valence-electron chi connectivity index (χ2n) is 2.73. The number of pyridine rings is 1. The van der Waals surface area contributed by atoms with Gasteiger partial charge in [0.2, 0.25) is 0 Å². The van der Waals surface area contributed by atoms with Gasteiger partial charge in [-0.3, -0.25) is 0 Å². The van der Waals surface area contributed by atoms with Gasteiger partial charge in [0.25, 0.3) is 0 Å². The van der Waals surface area contributed by atoms with Gasteiger partial charge in [-0.15, -0.1) is 0 Å². The minimum atomic E-state index is -0.369. The fourth-order valence-electron chi connectivity index (χ4n) is 1.12. The van der Waals surface area contributed by atoms with Crippen molar-refractivity contribution in [3.05, 3.63) is 35.3 Å². The lowest BCUT2D eigenvalue weighted by Gasteiger charge is -2.16. The first-order chi connectivity index (χ1) is 6.77. The summed E-state index contributed by atoms with van der Waals surface area (Å²) in [5.74, 6) is 0. The maximum Gasteiger partial charge on any atom is 0.184 e. The van der Waals surface area contributed by atoms with Gasteiger partial charge in [0.15, 0.2) is 18.7 Å². The van der Waals surface area contributed by atoms with E-state index in [2.05, 4.69) is 0 Å². The zero-order valence-corrected chi connectivity index (χ0v) is 8.47. The van der Waals surface area contributed by atoms with Crippen molar-refractivity contribution in [2.75, 3.05) is 13.2 Å². The van der Waals surface area contributed by atoms with Gasteiger partial charge in [0.05, 0.1) is 0 Å². The Labute approximate surface area is 83.7 Å². The summed E-state index contributed by atoms with van der Waals surface area (Å²) in [5.41, 5.74) is 0.862. The monoisotopic (exact) mass is 197 g/mol. The molecule has 0 saturated heterocycles. The molecule has 14 heavy (non-hydrogen) atoms. The first kappa shape index (κ1) is 10.9. The lowest BCUT2D eigenvalue weighted by Crippen LogP contribution is -2.24. The van der Waals surface area contributed by atoms with Gasteiger partial charge in [-0.25, -0.2) is 0 Å². The molecule has 0 aliphatic carbocycles. The van der Waals surface area contributed by atoms with E-state index in [-0.39, 0.29) is 6.29 Å². The molecule has 0 aromatic carbocycles. The number of hydrogen-bond donors (Lipinski definition) is 0. The zero-order valence-electron chi connectivity index (χ0n) is 8.47.